The molecule has 2 aliphatic rings. The van der Waals surface area contributed by atoms with Gasteiger partial charge >= 0.3 is 11.1 Å². The number of methoxy groups -OCH3 is 1. The minimum absolute atomic E-state index is 0.0614. The third-order valence-corrected chi connectivity index (χ3v) is 6.64. The number of hydrogen-bond donors (Lipinski definition) is 1. The standard InChI is InChI=1S/C26H20ClN3O2S/c1-32-21-13-9-19(10-14-21)23-16-22(18-5-3-2-4-6-18)29-30(23)25-24(33-26(31)28-25)15-17-7-11-20(27)12-8-17/h2-15,23H,16H2,1H3/p+1/b24-15-/t23-/m0/s1. The Morgan fingerprint density at radius 3 is 2.48 bits per heavy atom. The number of hydrogen-bond acceptors (Lipinski definition) is 4. The summed E-state index contributed by atoms with van der Waals surface area (Å²) in [6.45, 7) is 0. The van der Waals surface area contributed by atoms with E-state index in [1.807, 2.05) is 77.5 Å². The highest BCUT2D eigenvalue weighted by Crippen LogP contribution is 2.34. The summed E-state index contributed by atoms with van der Waals surface area (Å²) < 4.78 is 7.26. The van der Waals surface area contributed by atoms with Gasteiger partial charge in [-0.2, -0.15) is 5.32 Å². The number of hydrazone groups is 1. The van der Waals surface area contributed by atoms with Crippen molar-refractivity contribution in [1.82, 2.24) is 5.32 Å². The van der Waals surface area contributed by atoms with Gasteiger partial charge in [-0.3, -0.25) is 0 Å². The summed E-state index contributed by atoms with van der Waals surface area (Å²) in [5.41, 5.74) is 4.10. The fourth-order valence-corrected chi connectivity index (χ4v) is 4.83. The molecule has 1 N–H and O–H groups in total. The molecule has 5 nitrogen and oxygen atoms in total. The molecule has 1 atom stereocenters. The number of carbonyl (C=O) groups is 1. The molecule has 0 aliphatic carbocycles. The van der Waals surface area contributed by atoms with Gasteiger partial charge in [0.1, 0.15) is 10.7 Å². The van der Waals surface area contributed by atoms with E-state index >= 15 is 0 Å². The number of amidine groups is 1. The number of nitrogens with one attached hydrogen (secondary N) is 1. The smallest absolute Gasteiger partial charge is 0.372 e. The zero-order valence-electron chi connectivity index (χ0n) is 17.9. The third kappa shape index (κ3) is 4.58. The molecule has 0 spiro atoms. The van der Waals surface area contributed by atoms with Crippen LogP contribution in [0.15, 0.2) is 88.9 Å². The van der Waals surface area contributed by atoms with Gasteiger partial charge in [0.2, 0.25) is 0 Å². The van der Waals surface area contributed by atoms with Crippen LogP contribution in [-0.4, -0.2) is 28.6 Å². The molecule has 0 unspecified atom stereocenters. The van der Waals surface area contributed by atoms with Crippen molar-refractivity contribution in [2.75, 3.05) is 7.11 Å². The predicted octanol–water partition coefficient (Wildman–Crippen LogP) is 6.11. The fraction of sp³-hybridized carbons (Fsp3) is 0.115. The van der Waals surface area contributed by atoms with Crippen molar-refractivity contribution in [2.24, 2.45) is 5.10 Å². The van der Waals surface area contributed by atoms with Gasteiger partial charge in [0.25, 0.3) is 0 Å². The molecule has 1 fully saturated rings. The van der Waals surface area contributed by atoms with Crippen molar-refractivity contribution in [3.63, 3.8) is 0 Å². The average Bonchev–Trinajstić information content (AvgIpc) is 3.44. The Hall–Kier alpha value is -3.35. The Kier molecular flexibility index (Phi) is 6.03. The molecule has 33 heavy (non-hydrogen) atoms. The average molecular weight is 475 g/mol. The molecule has 1 saturated heterocycles. The highest BCUT2D eigenvalue weighted by atomic mass is 35.5. The lowest BCUT2D eigenvalue weighted by molar-refractivity contribution is -0.568. The van der Waals surface area contributed by atoms with Gasteiger partial charge in [-0.1, -0.05) is 71.3 Å². The normalized spacial score (nSPS) is 21.3. The Balaban J connectivity index is 1.62. The molecule has 5 rings (SSSR count). The lowest BCUT2D eigenvalue weighted by Gasteiger charge is -2.11. The molecule has 0 radical (unpaired) electrons. The summed E-state index contributed by atoms with van der Waals surface area (Å²) in [6, 6.07) is 25.6. The molecule has 3 aromatic carbocycles. The summed E-state index contributed by atoms with van der Waals surface area (Å²) in [5.74, 6) is 1.49. The topological polar surface area (TPSA) is 53.7 Å². The Morgan fingerprint density at radius 2 is 1.79 bits per heavy atom. The van der Waals surface area contributed by atoms with Crippen LogP contribution in [0.25, 0.3) is 6.08 Å². The van der Waals surface area contributed by atoms with Crippen LogP contribution < -0.4 is 10.1 Å². The number of amides is 1. The van der Waals surface area contributed by atoms with Crippen LogP contribution in [0.1, 0.15) is 29.2 Å². The second kappa shape index (κ2) is 9.25. The molecule has 0 saturated carbocycles. The maximum absolute atomic E-state index is 12.4. The molecular formula is C26H21ClN3O2S+. The van der Waals surface area contributed by atoms with Crippen LogP contribution in [0, 0.1) is 0 Å². The number of halogens is 1. The molecule has 164 valence electrons. The third-order valence-electron chi connectivity index (χ3n) is 5.57. The first-order valence-electron chi connectivity index (χ1n) is 10.5. The highest BCUT2D eigenvalue weighted by Gasteiger charge is 2.40. The quantitative estimate of drug-likeness (QED) is 0.464. The first-order chi connectivity index (χ1) is 16.1. The van der Waals surface area contributed by atoms with Crippen LogP contribution in [0.4, 0.5) is 4.79 Å². The van der Waals surface area contributed by atoms with E-state index in [2.05, 4.69) is 17.4 Å². The fourth-order valence-electron chi connectivity index (χ4n) is 3.92. The number of thioether (sulfide) groups is 1. The number of benzene rings is 3. The Morgan fingerprint density at radius 1 is 1.06 bits per heavy atom. The summed E-state index contributed by atoms with van der Waals surface area (Å²) >= 11 is 7.20. The summed E-state index contributed by atoms with van der Waals surface area (Å²) in [4.78, 5) is 13.2. The summed E-state index contributed by atoms with van der Waals surface area (Å²) in [5, 5.41) is 8.53. The van der Waals surface area contributed by atoms with Crippen LogP contribution in [0.3, 0.4) is 0 Å². The van der Waals surface area contributed by atoms with Crippen molar-refractivity contribution in [2.45, 2.75) is 12.5 Å². The molecule has 7 heteroatoms. The van der Waals surface area contributed by atoms with E-state index in [1.165, 1.54) is 11.8 Å². The Labute approximate surface area is 201 Å². The van der Waals surface area contributed by atoms with E-state index in [1.54, 1.807) is 7.11 Å². The van der Waals surface area contributed by atoms with Gasteiger partial charge in [0, 0.05) is 23.2 Å². The van der Waals surface area contributed by atoms with Gasteiger partial charge in [-0.25, -0.2) is 4.79 Å². The van der Waals surface area contributed by atoms with Crippen molar-refractivity contribution in [3.05, 3.63) is 105 Å². The van der Waals surface area contributed by atoms with Crippen molar-refractivity contribution >= 4 is 46.2 Å². The molecular weight excluding hydrogens is 454 g/mol. The van der Waals surface area contributed by atoms with Crippen LogP contribution >= 0.6 is 23.4 Å². The largest absolute Gasteiger partial charge is 0.497 e. The van der Waals surface area contributed by atoms with E-state index in [-0.39, 0.29) is 11.3 Å². The summed E-state index contributed by atoms with van der Waals surface area (Å²) in [7, 11) is 1.66. The first-order valence-corrected chi connectivity index (χ1v) is 11.7. The van der Waals surface area contributed by atoms with Crippen molar-refractivity contribution < 1.29 is 14.2 Å². The Bertz CT molecular complexity index is 1280. The van der Waals surface area contributed by atoms with Crippen LogP contribution in [-0.2, 0) is 0 Å². The lowest BCUT2D eigenvalue weighted by atomic mass is 9.99. The number of nitrogens with zero attached hydrogens (tertiary/aromatic N) is 2. The van der Waals surface area contributed by atoms with Gasteiger partial charge in [-0.15, -0.1) is 4.68 Å². The molecule has 1 amide bonds. The van der Waals surface area contributed by atoms with E-state index in [0.717, 1.165) is 33.1 Å². The van der Waals surface area contributed by atoms with Gasteiger partial charge in [-0.05, 0) is 47.0 Å². The first kappa shape index (κ1) is 21.5. The van der Waals surface area contributed by atoms with Crippen LogP contribution in [0.2, 0.25) is 5.02 Å². The zero-order chi connectivity index (χ0) is 22.8. The minimum atomic E-state index is -0.123. The second-order valence-corrected chi connectivity index (χ2v) is 9.12. The van der Waals surface area contributed by atoms with E-state index < -0.39 is 0 Å². The van der Waals surface area contributed by atoms with Crippen LogP contribution in [0.5, 0.6) is 5.75 Å². The van der Waals surface area contributed by atoms with E-state index in [4.69, 9.17) is 21.4 Å². The lowest BCUT2D eigenvalue weighted by Crippen LogP contribution is -2.29. The number of carbonyl (C=O) groups excluding carboxylic acids is 1. The van der Waals surface area contributed by atoms with E-state index in [0.29, 0.717) is 17.3 Å². The number of rotatable bonds is 4. The van der Waals surface area contributed by atoms with Gasteiger partial charge < -0.3 is 4.74 Å². The maximum Gasteiger partial charge on any atom is 0.372 e. The molecule has 2 aliphatic heterocycles. The predicted molar refractivity (Wildman–Crippen MR) is 134 cm³/mol. The second-order valence-electron chi connectivity index (χ2n) is 7.67. The zero-order valence-corrected chi connectivity index (χ0v) is 19.4. The molecule has 3 aromatic rings. The molecule has 0 bridgehead atoms. The monoisotopic (exact) mass is 474 g/mol. The minimum Gasteiger partial charge on any atom is -0.497 e. The molecule has 2 heterocycles. The SMILES string of the molecule is COc1ccc([C@@H]2CC(c3ccccc3)=N/[N+]2=C2/NC(=O)S/C2=C\c2ccc(Cl)cc2)cc1. The van der Waals surface area contributed by atoms with Gasteiger partial charge in [0.05, 0.1) is 12.8 Å². The van der Waals surface area contributed by atoms with Crippen molar-refractivity contribution in [3.8, 4) is 5.75 Å². The maximum atomic E-state index is 12.4. The van der Waals surface area contributed by atoms with Gasteiger partial charge in [0.15, 0.2) is 6.04 Å². The van der Waals surface area contributed by atoms with E-state index in [9.17, 15) is 4.79 Å². The summed E-state index contributed by atoms with van der Waals surface area (Å²) in [6.07, 6.45) is 2.70. The van der Waals surface area contributed by atoms with Crippen molar-refractivity contribution in [1.29, 1.82) is 0 Å². The highest BCUT2D eigenvalue weighted by molar-refractivity contribution is 8.18. The number of ether oxygens (including phenoxy) is 1. The molecule has 0 aromatic heterocycles.